The second kappa shape index (κ2) is 7.98. The molecular weight excluding hydrogens is 345 g/mol. The summed E-state index contributed by atoms with van der Waals surface area (Å²) in [6.45, 7) is 6.19. The number of rotatable bonds is 6. The molecule has 0 bridgehead atoms. The van der Waals surface area contributed by atoms with E-state index in [1.165, 1.54) is 12.1 Å². The van der Waals surface area contributed by atoms with Gasteiger partial charge in [-0.1, -0.05) is 6.92 Å². The summed E-state index contributed by atoms with van der Waals surface area (Å²) in [7, 11) is 0. The smallest absolute Gasteiger partial charge is 0.125 e. The van der Waals surface area contributed by atoms with Gasteiger partial charge in [0.25, 0.3) is 0 Å². The lowest BCUT2D eigenvalue weighted by atomic mass is 9.78. The van der Waals surface area contributed by atoms with Gasteiger partial charge in [0.15, 0.2) is 0 Å². The normalized spacial score (nSPS) is 28.3. The second-order valence-corrected chi connectivity index (χ2v) is 7.82. The van der Waals surface area contributed by atoms with Crippen molar-refractivity contribution in [2.24, 2.45) is 11.8 Å². The number of ether oxygens (including phenoxy) is 1. The Labute approximate surface area is 159 Å². The summed E-state index contributed by atoms with van der Waals surface area (Å²) in [4.78, 5) is 6.89. The van der Waals surface area contributed by atoms with E-state index in [4.69, 9.17) is 4.74 Å². The summed E-state index contributed by atoms with van der Waals surface area (Å²) in [5.41, 5.74) is 0. The number of hydrogen-bond acceptors (Lipinski definition) is 4. The molecule has 6 heteroatoms. The predicted octanol–water partition coefficient (Wildman–Crippen LogP) is 2.73. The van der Waals surface area contributed by atoms with Crippen LogP contribution in [0, 0.1) is 17.7 Å². The van der Waals surface area contributed by atoms with Gasteiger partial charge in [0.05, 0.1) is 6.10 Å². The number of aryl methyl sites for hydroxylation is 1. The van der Waals surface area contributed by atoms with Crippen LogP contribution in [-0.2, 0) is 13.0 Å². The molecule has 2 heterocycles. The van der Waals surface area contributed by atoms with Crippen LogP contribution in [0.15, 0.2) is 36.7 Å². The van der Waals surface area contributed by atoms with Gasteiger partial charge in [0, 0.05) is 45.0 Å². The monoisotopic (exact) mass is 373 g/mol. The maximum absolute atomic E-state index is 13.1. The fourth-order valence-electron chi connectivity index (χ4n) is 4.59. The Bertz CT molecular complexity index is 748. The molecule has 1 saturated carbocycles. The van der Waals surface area contributed by atoms with Crippen LogP contribution >= 0.6 is 0 Å². The van der Waals surface area contributed by atoms with Crippen LogP contribution in [0.25, 0.3) is 0 Å². The first-order valence-corrected chi connectivity index (χ1v) is 9.95. The summed E-state index contributed by atoms with van der Waals surface area (Å²) in [5.74, 6) is 2.56. The molecular formula is C21H28FN3O2. The van der Waals surface area contributed by atoms with E-state index in [1.54, 1.807) is 12.1 Å². The maximum Gasteiger partial charge on any atom is 0.125 e. The first-order valence-electron chi connectivity index (χ1n) is 9.95. The van der Waals surface area contributed by atoms with Crippen LogP contribution in [0.2, 0.25) is 0 Å². The van der Waals surface area contributed by atoms with Gasteiger partial charge in [0.1, 0.15) is 23.5 Å². The van der Waals surface area contributed by atoms with E-state index >= 15 is 0 Å². The molecule has 1 saturated heterocycles. The SMILES string of the molecule is CCc1nccn1CCN1C[C@H]2C[C@@H](Oc3ccc(F)cc3)[C@H](O)C[C@H]2C1. The van der Waals surface area contributed by atoms with E-state index in [1.807, 2.05) is 6.20 Å². The quantitative estimate of drug-likeness (QED) is 0.846. The maximum atomic E-state index is 13.1. The minimum Gasteiger partial charge on any atom is -0.488 e. The van der Waals surface area contributed by atoms with E-state index in [0.717, 1.165) is 51.3 Å². The van der Waals surface area contributed by atoms with E-state index < -0.39 is 6.10 Å². The highest BCUT2D eigenvalue weighted by Crippen LogP contribution is 2.38. The Hall–Kier alpha value is -1.92. The first-order chi connectivity index (χ1) is 13.1. The zero-order valence-corrected chi connectivity index (χ0v) is 15.8. The Morgan fingerprint density at radius 3 is 2.63 bits per heavy atom. The van der Waals surface area contributed by atoms with Crippen LogP contribution in [0.3, 0.4) is 0 Å². The molecule has 2 aliphatic rings. The standard InChI is InChI=1S/C21H28FN3O2/c1-2-21-23-7-8-25(21)10-9-24-13-15-11-19(26)20(12-16(15)14-24)27-18-5-3-17(22)4-6-18/h3-8,15-16,19-20,26H,2,9-14H2,1H3/t15-,16+,19+,20+/m0/s1. The number of fused-ring (bicyclic) bond motifs is 1. The van der Waals surface area contributed by atoms with Gasteiger partial charge in [-0.05, 0) is 48.9 Å². The zero-order valence-electron chi connectivity index (χ0n) is 15.8. The Balaban J connectivity index is 1.32. The van der Waals surface area contributed by atoms with Gasteiger partial charge in [-0.3, -0.25) is 0 Å². The zero-order chi connectivity index (χ0) is 18.8. The van der Waals surface area contributed by atoms with Crippen molar-refractivity contribution in [2.45, 2.75) is 44.9 Å². The second-order valence-electron chi connectivity index (χ2n) is 7.82. The highest BCUT2D eigenvalue weighted by Gasteiger charge is 2.42. The molecule has 4 atom stereocenters. The molecule has 0 unspecified atom stereocenters. The number of nitrogens with zero attached hydrogens (tertiary/aromatic N) is 3. The molecule has 1 aliphatic heterocycles. The molecule has 2 fully saturated rings. The molecule has 0 amide bonds. The van der Waals surface area contributed by atoms with Crippen molar-refractivity contribution in [3.05, 3.63) is 48.3 Å². The number of hydrogen-bond donors (Lipinski definition) is 1. The van der Waals surface area contributed by atoms with Gasteiger partial charge >= 0.3 is 0 Å². The highest BCUT2D eigenvalue weighted by molar-refractivity contribution is 5.22. The fraction of sp³-hybridized carbons (Fsp3) is 0.571. The third kappa shape index (κ3) is 4.17. The molecule has 0 spiro atoms. The van der Waals surface area contributed by atoms with Gasteiger partial charge in [-0.15, -0.1) is 0 Å². The Morgan fingerprint density at radius 1 is 1.15 bits per heavy atom. The largest absolute Gasteiger partial charge is 0.488 e. The van der Waals surface area contributed by atoms with Crippen molar-refractivity contribution in [1.29, 1.82) is 0 Å². The minimum atomic E-state index is -0.461. The van der Waals surface area contributed by atoms with Gasteiger partial charge in [-0.2, -0.15) is 0 Å². The van der Waals surface area contributed by atoms with Gasteiger partial charge < -0.3 is 19.3 Å². The summed E-state index contributed by atoms with van der Waals surface area (Å²) >= 11 is 0. The highest BCUT2D eigenvalue weighted by atomic mass is 19.1. The predicted molar refractivity (Wildman–Crippen MR) is 101 cm³/mol. The lowest BCUT2D eigenvalue weighted by molar-refractivity contribution is -0.0231. The van der Waals surface area contributed by atoms with Crippen LogP contribution in [0.1, 0.15) is 25.6 Å². The van der Waals surface area contributed by atoms with Crippen molar-refractivity contribution < 1.29 is 14.2 Å². The lowest BCUT2D eigenvalue weighted by Crippen LogP contribution is -2.42. The van der Waals surface area contributed by atoms with Crippen LogP contribution in [0.5, 0.6) is 5.75 Å². The van der Waals surface area contributed by atoms with Crippen molar-refractivity contribution in [2.75, 3.05) is 19.6 Å². The molecule has 2 aromatic rings. The molecule has 1 aromatic carbocycles. The number of aliphatic hydroxyl groups excluding tert-OH is 1. The number of aliphatic hydroxyl groups is 1. The third-order valence-electron chi connectivity index (χ3n) is 6.04. The van der Waals surface area contributed by atoms with Crippen LogP contribution < -0.4 is 4.74 Å². The number of benzene rings is 1. The van der Waals surface area contributed by atoms with Gasteiger partial charge in [-0.25, -0.2) is 9.37 Å². The number of halogens is 1. The van der Waals surface area contributed by atoms with Crippen molar-refractivity contribution in [3.8, 4) is 5.75 Å². The molecule has 146 valence electrons. The first kappa shape index (κ1) is 18.4. The lowest BCUT2D eigenvalue weighted by Gasteiger charge is -2.35. The van der Waals surface area contributed by atoms with Crippen LogP contribution in [0.4, 0.5) is 4.39 Å². The van der Waals surface area contributed by atoms with E-state index in [-0.39, 0.29) is 11.9 Å². The topological polar surface area (TPSA) is 50.5 Å². The molecule has 27 heavy (non-hydrogen) atoms. The van der Waals surface area contributed by atoms with Crippen LogP contribution in [-0.4, -0.2) is 51.4 Å². The van der Waals surface area contributed by atoms with E-state index in [2.05, 4.69) is 27.6 Å². The molecule has 4 rings (SSSR count). The molecule has 1 aromatic heterocycles. The van der Waals surface area contributed by atoms with Crippen molar-refractivity contribution >= 4 is 0 Å². The van der Waals surface area contributed by atoms with Crippen molar-refractivity contribution in [1.82, 2.24) is 14.5 Å². The molecule has 5 nitrogen and oxygen atoms in total. The average Bonchev–Trinajstić information content (AvgIpc) is 3.27. The molecule has 0 radical (unpaired) electrons. The summed E-state index contributed by atoms with van der Waals surface area (Å²) in [6.07, 6.45) is 5.83. The van der Waals surface area contributed by atoms with Crippen molar-refractivity contribution in [3.63, 3.8) is 0 Å². The Morgan fingerprint density at radius 2 is 1.89 bits per heavy atom. The summed E-state index contributed by atoms with van der Waals surface area (Å²) < 4.78 is 21.3. The fourth-order valence-corrected chi connectivity index (χ4v) is 4.59. The molecule has 1 aliphatic carbocycles. The number of aromatic nitrogens is 2. The van der Waals surface area contributed by atoms with E-state index in [9.17, 15) is 9.50 Å². The average molecular weight is 373 g/mol. The minimum absolute atomic E-state index is 0.211. The van der Waals surface area contributed by atoms with Gasteiger partial charge in [0.2, 0.25) is 0 Å². The van der Waals surface area contributed by atoms with E-state index in [0.29, 0.717) is 17.6 Å². The summed E-state index contributed by atoms with van der Waals surface area (Å²) in [6, 6.07) is 6.05. The Kier molecular flexibility index (Phi) is 5.45. The summed E-state index contributed by atoms with van der Waals surface area (Å²) in [5, 5.41) is 10.5. The molecule has 1 N–H and O–H groups in total. The third-order valence-corrected chi connectivity index (χ3v) is 6.04. The number of imidazole rings is 1. The number of likely N-dealkylation sites (tertiary alicyclic amines) is 1.